The average molecular weight is 738 g/mol. The van der Waals surface area contributed by atoms with Crippen LogP contribution >= 0.6 is 0 Å². The summed E-state index contributed by atoms with van der Waals surface area (Å²) in [4.78, 5) is 33.2. The monoisotopic (exact) mass is 737 g/mol. The first-order valence-corrected chi connectivity index (χ1v) is 20.8. The Morgan fingerprint density at radius 1 is 0.782 bits per heavy atom. The van der Waals surface area contributed by atoms with Gasteiger partial charge in [0.05, 0.1) is 18.4 Å². The Labute approximate surface area is 325 Å². The van der Waals surface area contributed by atoms with E-state index >= 15 is 4.79 Å². The molecule has 3 aromatic rings. The Morgan fingerprint density at radius 2 is 1.42 bits per heavy atom. The molecule has 3 saturated carbocycles. The maximum absolute atomic E-state index is 15.1. The Morgan fingerprint density at radius 3 is 2.15 bits per heavy atom. The van der Waals surface area contributed by atoms with E-state index in [0.29, 0.717) is 31.6 Å². The van der Waals surface area contributed by atoms with E-state index in [0.717, 1.165) is 80.4 Å². The zero-order valence-electron chi connectivity index (χ0n) is 32.3. The number of rotatable bonds is 6. The number of carbonyl (C=O) groups excluding carboxylic acids is 2. The van der Waals surface area contributed by atoms with Crippen molar-refractivity contribution in [1.82, 2.24) is 10.2 Å². The van der Waals surface area contributed by atoms with Crippen LogP contribution in [0.2, 0.25) is 0 Å². The number of Topliss-reactive ketones (excluding diaryl/α,β-unsaturated/α-hetero) is 1. The van der Waals surface area contributed by atoms with Crippen LogP contribution < -0.4 is 10.2 Å². The number of hydrogen-bond donors (Lipinski definition) is 3. The normalized spacial score (nSPS) is 38.6. The van der Waals surface area contributed by atoms with Gasteiger partial charge in [0.25, 0.3) is 0 Å². The third kappa shape index (κ3) is 4.79. The van der Waals surface area contributed by atoms with E-state index in [1.807, 2.05) is 48.5 Å². The molecule has 7 nitrogen and oxygen atoms in total. The van der Waals surface area contributed by atoms with Crippen molar-refractivity contribution in [3.8, 4) is 11.1 Å². The van der Waals surface area contributed by atoms with Gasteiger partial charge in [-0.25, -0.2) is 0 Å². The molecule has 55 heavy (non-hydrogen) atoms. The van der Waals surface area contributed by atoms with Crippen molar-refractivity contribution < 1.29 is 19.8 Å². The molecular weight excluding hydrogens is 683 g/mol. The summed E-state index contributed by atoms with van der Waals surface area (Å²) in [6.45, 7) is 7.37. The number of hydrogen-bond acceptors (Lipinski definition) is 6. The lowest BCUT2D eigenvalue weighted by atomic mass is 9.32. The lowest BCUT2D eigenvalue weighted by Gasteiger charge is -2.71. The number of benzene rings is 3. The fourth-order valence-electron chi connectivity index (χ4n) is 13.7. The summed E-state index contributed by atoms with van der Waals surface area (Å²) >= 11 is 0. The summed E-state index contributed by atoms with van der Waals surface area (Å²) in [7, 11) is 0. The van der Waals surface area contributed by atoms with E-state index in [1.54, 1.807) is 0 Å². The first-order valence-electron chi connectivity index (χ1n) is 20.8. The Balaban J connectivity index is 0.968. The number of piperidine rings is 1. The van der Waals surface area contributed by atoms with Gasteiger partial charge >= 0.3 is 0 Å². The molecule has 3 N–H and O–H groups in total. The van der Waals surface area contributed by atoms with Crippen LogP contribution in [0.15, 0.2) is 109 Å². The Kier molecular flexibility index (Phi) is 7.87. The molecule has 11 rings (SSSR count). The van der Waals surface area contributed by atoms with E-state index in [1.165, 1.54) is 0 Å². The molecule has 0 radical (unpaired) electrons. The first-order chi connectivity index (χ1) is 26.5. The van der Waals surface area contributed by atoms with Gasteiger partial charge in [0.1, 0.15) is 5.54 Å². The van der Waals surface area contributed by atoms with E-state index in [2.05, 4.69) is 83.6 Å². The van der Waals surface area contributed by atoms with Crippen LogP contribution in [0.1, 0.15) is 82.0 Å². The van der Waals surface area contributed by atoms with Gasteiger partial charge in [-0.05, 0) is 98.3 Å². The van der Waals surface area contributed by atoms with Crippen LogP contribution in [0, 0.1) is 33.5 Å². The minimum Gasteiger partial charge on any atom is -0.393 e. The first kappa shape index (κ1) is 35.4. The molecule has 2 heterocycles. The predicted molar refractivity (Wildman–Crippen MR) is 215 cm³/mol. The number of amides is 1. The lowest BCUT2D eigenvalue weighted by Crippen LogP contribution is -2.67. The predicted octanol–water partition coefficient (Wildman–Crippen LogP) is 7.56. The van der Waals surface area contributed by atoms with E-state index < -0.39 is 22.0 Å². The summed E-state index contributed by atoms with van der Waals surface area (Å²) < 4.78 is 0. The minimum atomic E-state index is -0.923. The van der Waals surface area contributed by atoms with Gasteiger partial charge in [-0.1, -0.05) is 105 Å². The molecule has 3 spiro atoms. The quantitative estimate of drug-likeness (QED) is 0.179. The van der Waals surface area contributed by atoms with E-state index in [9.17, 15) is 15.0 Å². The lowest BCUT2D eigenvalue weighted by molar-refractivity contribution is -0.177. The van der Waals surface area contributed by atoms with Crippen LogP contribution in [0.4, 0.5) is 5.69 Å². The van der Waals surface area contributed by atoms with Gasteiger partial charge in [0, 0.05) is 52.7 Å². The molecule has 8 aliphatic rings. The third-order valence-electron chi connectivity index (χ3n) is 16.8. The van der Waals surface area contributed by atoms with Gasteiger partial charge in [-0.3, -0.25) is 9.59 Å². The second kappa shape index (κ2) is 12.2. The zero-order valence-corrected chi connectivity index (χ0v) is 32.3. The number of aliphatic hydroxyl groups excluding tert-OH is 1. The number of likely N-dealkylation sites (tertiary alicyclic amines) is 1. The SMILES string of the molecule is CC12CCC(O)CC13C=CC1(C(C(=O)c4ccc(-c5ccccc5)cc4)=C3)C2CCC2(C)C1CCC2(O)CN1CCC2(CC1)C(=O)NCN2c1ccccc1. The Bertz CT molecular complexity index is 2070. The summed E-state index contributed by atoms with van der Waals surface area (Å²) in [5.74, 6) is 0.561. The highest BCUT2D eigenvalue weighted by atomic mass is 16.3. The molecule has 2 aliphatic heterocycles. The van der Waals surface area contributed by atoms with Crippen LogP contribution in [-0.2, 0) is 4.79 Å². The minimum absolute atomic E-state index is 0.0718. The average Bonchev–Trinajstić information content (AvgIpc) is 3.67. The molecule has 1 amide bonds. The van der Waals surface area contributed by atoms with Gasteiger partial charge in [-0.2, -0.15) is 0 Å². The van der Waals surface area contributed by atoms with Gasteiger partial charge in [0.2, 0.25) is 5.91 Å². The summed E-state index contributed by atoms with van der Waals surface area (Å²) in [6.07, 6.45) is 14.0. The molecule has 2 saturated heterocycles. The number of nitrogens with one attached hydrogen (secondary N) is 1. The van der Waals surface area contributed by atoms with Crippen molar-refractivity contribution in [3.05, 3.63) is 114 Å². The molecule has 286 valence electrons. The van der Waals surface area contributed by atoms with Gasteiger partial charge in [0.15, 0.2) is 5.78 Å². The van der Waals surface area contributed by atoms with Gasteiger partial charge in [-0.15, -0.1) is 0 Å². The topological polar surface area (TPSA) is 93.1 Å². The van der Waals surface area contributed by atoms with Crippen molar-refractivity contribution in [2.45, 2.75) is 88.9 Å². The number of aliphatic hydroxyl groups is 2. The summed E-state index contributed by atoms with van der Waals surface area (Å²) in [6, 6.07) is 28.7. The molecule has 8 unspecified atom stereocenters. The van der Waals surface area contributed by atoms with Gasteiger partial charge < -0.3 is 25.3 Å². The van der Waals surface area contributed by atoms with E-state index in [4.69, 9.17) is 0 Å². The van der Waals surface area contributed by atoms with Crippen LogP contribution in [0.25, 0.3) is 11.1 Å². The number of β-amino-alcohol motifs (C(OH)–C–C–N with tert-alkyl or cyclic N) is 1. The van der Waals surface area contributed by atoms with Crippen molar-refractivity contribution >= 4 is 17.4 Å². The molecular formula is C48H55N3O4. The van der Waals surface area contributed by atoms with Crippen molar-refractivity contribution in [2.24, 2.45) is 33.5 Å². The number of anilines is 1. The van der Waals surface area contributed by atoms with Crippen molar-refractivity contribution in [3.63, 3.8) is 0 Å². The highest BCUT2D eigenvalue weighted by Gasteiger charge is 2.74. The maximum Gasteiger partial charge on any atom is 0.247 e. The number of carbonyl (C=O) groups is 2. The number of nitrogens with zero attached hydrogens (tertiary/aromatic N) is 2. The highest BCUT2D eigenvalue weighted by Crippen LogP contribution is 2.78. The molecule has 5 fully saturated rings. The third-order valence-corrected chi connectivity index (χ3v) is 16.8. The van der Waals surface area contributed by atoms with Crippen LogP contribution in [0.3, 0.4) is 0 Å². The Hall–Kier alpha value is -4.04. The number of para-hydroxylation sites is 1. The maximum atomic E-state index is 15.1. The zero-order chi connectivity index (χ0) is 37.8. The van der Waals surface area contributed by atoms with Crippen molar-refractivity contribution in [2.75, 3.05) is 31.2 Å². The van der Waals surface area contributed by atoms with E-state index in [-0.39, 0.29) is 40.5 Å². The fourth-order valence-corrected chi connectivity index (χ4v) is 13.7. The fraction of sp³-hybridized carbons (Fsp3) is 0.500. The van der Waals surface area contributed by atoms with Crippen LogP contribution in [-0.4, -0.2) is 70.4 Å². The standard InChI is InChI=1S/C48H55N3O4/c1-43-20-17-37(52)29-45(43)23-24-48(38(30-45)41(53)35-15-13-34(14-16-35)33-9-5-3-6-10-33)39(43)18-21-44(2)40(48)19-22-47(44,55)31-50-27-25-46(26-28-50)42(54)49-32-51(46)36-11-7-4-8-12-36/h3-16,23-24,30,37,39-40,52,55H,17-22,25-29,31-32H2,1-2H3,(H,49,54). The second-order valence-electron chi connectivity index (χ2n) is 18.8. The summed E-state index contributed by atoms with van der Waals surface area (Å²) in [5.41, 5.74) is 2.07. The molecule has 8 atom stereocenters. The highest BCUT2D eigenvalue weighted by molar-refractivity contribution is 6.10. The molecule has 0 aromatic heterocycles. The molecule has 3 aromatic carbocycles. The van der Waals surface area contributed by atoms with Crippen LogP contribution in [0.5, 0.6) is 0 Å². The number of fused-ring (bicyclic) bond motifs is 1. The second-order valence-corrected chi connectivity index (χ2v) is 18.8. The number of allylic oxidation sites excluding steroid dienone is 4. The van der Waals surface area contributed by atoms with Crippen molar-refractivity contribution in [1.29, 1.82) is 0 Å². The molecule has 7 heteroatoms. The smallest absolute Gasteiger partial charge is 0.247 e. The largest absolute Gasteiger partial charge is 0.393 e. The number of ketones is 1. The summed E-state index contributed by atoms with van der Waals surface area (Å²) in [5, 5.41) is 27.3. The molecule has 6 aliphatic carbocycles. The molecule has 2 bridgehead atoms.